The van der Waals surface area contributed by atoms with Gasteiger partial charge in [0.2, 0.25) is 10.0 Å². The zero-order valence-corrected chi connectivity index (χ0v) is 16.9. The molecule has 8 nitrogen and oxygen atoms in total. The van der Waals surface area contributed by atoms with E-state index in [1.165, 1.54) is 0 Å². The lowest BCUT2D eigenvalue weighted by Gasteiger charge is -2.46. The first kappa shape index (κ1) is 18.5. The van der Waals surface area contributed by atoms with Crippen molar-refractivity contribution in [3.63, 3.8) is 0 Å². The van der Waals surface area contributed by atoms with E-state index in [4.69, 9.17) is 5.73 Å². The predicted molar refractivity (Wildman–Crippen MR) is 109 cm³/mol. The number of nitrogens with two attached hydrogens (primary N) is 1. The van der Waals surface area contributed by atoms with Gasteiger partial charge in [-0.3, -0.25) is 4.40 Å². The van der Waals surface area contributed by atoms with Crippen molar-refractivity contribution in [3.8, 4) is 11.3 Å². The van der Waals surface area contributed by atoms with Gasteiger partial charge >= 0.3 is 0 Å². The molecule has 0 amide bonds. The summed E-state index contributed by atoms with van der Waals surface area (Å²) in [4.78, 5) is 8.76. The van der Waals surface area contributed by atoms with Gasteiger partial charge in [0.15, 0.2) is 11.5 Å². The Kier molecular flexibility index (Phi) is 3.84. The lowest BCUT2D eigenvalue weighted by Crippen LogP contribution is -2.56. The predicted octanol–water partition coefficient (Wildman–Crippen LogP) is 1.87. The molecule has 3 aliphatic carbocycles. The van der Waals surface area contributed by atoms with Gasteiger partial charge in [-0.05, 0) is 50.2 Å². The quantitative estimate of drug-likeness (QED) is 0.587. The molecule has 0 saturated heterocycles. The van der Waals surface area contributed by atoms with Crippen LogP contribution >= 0.6 is 0 Å². The van der Waals surface area contributed by atoms with Crippen molar-refractivity contribution in [1.29, 1.82) is 0 Å². The van der Waals surface area contributed by atoms with Crippen LogP contribution in [0.3, 0.4) is 0 Å². The van der Waals surface area contributed by atoms with E-state index in [1.54, 1.807) is 24.4 Å². The number of hydrogen-bond donors (Lipinski definition) is 3. The Bertz CT molecular complexity index is 1230. The van der Waals surface area contributed by atoms with Crippen LogP contribution in [0.15, 0.2) is 41.6 Å². The van der Waals surface area contributed by atoms with Crippen LogP contribution in [-0.4, -0.2) is 40.0 Å². The lowest BCUT2D eigenvalue weighted by molar-refractivity contribution is 0.0336. The summed E-state index contributed by atoms with van der Waals surface area (Å²) >= 11 is 0. The Morgan fingerprint density at radius 3 is 2.83 bits per heavy atom. The highest BCUT2D eigenvalue weighted by molar-refractivity contribution is 7.89. The fourth-order valence-corrected chi connectivity index (χ4v) is 6.55. The fraction of sp³-hybridized carbons (Fsp3) is 0.400. The molecule has 0 unspecified atom stereocenters. The van der Waals surface area contributed by atoms with Gasteiger partial charge in [0.05, 0.1) is 22.5 Å². The summed E-state index contributed by atoms with van der Waals surface area (Å²) in [6.07, 6.45) is 6.54. The third-order valence-corrected chi connectivity index (χ3v) is 7.90. The van der Waals surface area contributed by atoms with Gasteiger partial charge in [0.1, 0.15) is 0 Å². The third-order valence-electron chi connectivity index (χ3n) is 6.33. The van der Waals surface area contributed by atoms with Gasteiger partial charge in [-0.2, -0.15) is 0 Å². The highest BCUT2D eigenvalue weighted by Crippen LogP contribution is 2.61. The summed E-state index contributed by atoms with van der Waals surface area (Å²) in [6, 6.07) is 6.83. The van der Waals surface area contributed by atoms with E-state index in [1.807, 2.05) is 23.6 Å². The van der Waals surface area contributed by atoms with E-state index in [9.17, 15) is 13.5 Å². The smallest absolute Gasteiger partial charge is 0.241 e. The van der Waals surface area contributed by atoms with Crippen LogP contribution in [0.1, 0.15) is 31.4 Å². The first-order chi connectivity index (χ1) is 13.7. The SMILES string of the molecule is Cc1cn2c(-c3cccc(S(=O)(=O)NC45CCC(CO)(C4)C5)c3)cnc2c(N)n1. The zero-order chi connectivity index (χ0) is 20.4. The van der Waals surface area contributed by atoms with Crippen LogP contribution in [0.5, 0.6) is 0 Å². The molecule has 6 rings (SSSR count). The Labute approximate surface area is 168 Å². The van der Waals surface area contributed by atoms with E-state index in [-0.39, 0.29) is 16.9 Å². The van der Waals surface area contributed by atoms with E-state index >= 15 is 0 Å². The van der Waals surface area contributed by atoms with Crippen LogP contribution in [0.2, 0.25) is 0 Å². The number of imidazole rings is 1. The standard InChI is InChI=1S/C20H23N5O3S/c1-13-9-25-16(8-22-18(25)17(21)23-13)14-3-2-4-15(7-14)29(27,28)24-20-6-5-19(10-20,11-20)12-26/h2-4,7-9,24,26H,5-6,10-12H2,1H3,(H2,21,23). The number of aliphatic hydroxyl groups excluding tert-OH is 1. The molecule has 3 aromatic rings. The van der Waals surface area contributed by atoms with Gasteiger partial charge in [-0.25, -0.2) is 23.1 Å². The number of rotatable bonds is 5. The number of nitrogens with one attached hydrogen (secondary N) is 1. The minimum Gasteiger partial charge on any atom is -0.396 e. The molecule has 152 valence electrons. The molecule has 2 heterocycles. The number of aryl methyl sites for hydroxylation is 1. The Morgan fingerprint density at radius 2 is 2.10 bits per heavy atom. The summed E-state index contributed by atoms with van der Waals surface area (Å²) in [6.45, 7) is 1.97. The maximum Gasteiger partial charge on any atom is 0.241 e. The molecule has 0 radical (unpaired) electrons. The number of benzene rings is 1. The number of aromatic nitrogens is 3. The first-order valence-electron chi connectivity index (χ1n) is 9.60. The van der Waals surface area contributed by atoms with Crippen LogP contribution < -0.4 is 10.5 Å². The fourth-order valence-electron chi connectivity index (χ4n) is 5.07. The molecule has 1 aromatic carbocycles. The summed E-state index contributed by atoms with van der Waals surface area (Å²) < 4.78 is 30.9. The summed E-state index contributed by atoms with van der Waals surface area (Å²) in [5.74, 6) is 0.333. The minimum atomic E-state index is -3.68. The van der Waals surface area contributed by atoms with E-state index in [0.717, 1.165) is 29.8 Å². The number of aliphatic hydroxyl groups is 1. The molecular formula is C20H23N5O3S. The van der Waals surface area contributed by atoms with Gasteiger partial charge in [0.25, 0.3) is 0 Å². The van der Waals surface area contributed by atoms with E-state index in [2.05, 4.69) is 14.7 Å². The summed E-state index contributed by atoms with van der Waals surface area (Å²) in [7, 11) is -3.68. The third kappa shape index (κ3) is 2.84. The van der Waals surface area contributed by atoms with Crippen LogP contribution in [0.4, 0.5) is 5.82 Å². The van der Waals surface area contributed by atoms with Crippen molar-refractivity contribution >= 4 is 21.5 Å². The average Bonchev–Trinajstić information content (AvgIpc) is 3.33. The van der Waals surface area contributed by atoms with Gasteiger partial charge in [-0.15, -0.1) is 0 Å². The molecule has 9 heteroatoms. The molecule has 0 aliphatic heterocycles. The Balaban J connectivity index is 1.49. The minimum absolute atomic E-state index is 0.0906. The number of anilines is 1. The molecular weight excluding hydrogens is 390 g/mol. The van der Waals surface area contributed by atoms with Gasteiger partial charge < -0.3 is 10.8 Å². The van der Waals surface area contributed by atoms with Crippen LogP contribution in [0.25, 0.3) is 16.9 Å². The number of hydrogen-bond acceptors (Lipinski definition) is 6. The largest absolute Gasteiger partial charge is 0.396 e. The number of nitrogens with zero attached hydrogens (tertiary/aromatic N) is 3. The lowest BCUT2D eigenvalue weighted by atomic mass is 9.66. The highest BCUT2D eigenvalue weighted by atomic mass is 32.2. The highest BCUT2D eigenvalue weighted by Gasteiger charge is 2.61. The van der Waals surface area contributed by atoms with Crippen molar-refractivity contribution < 1.29 is 13.5 Å². The van der Waals surface area contributed by atoms with E-state index in [0.29, 0.717) is 24.3 Å². The second-order valence-electron chi connectivity index (χ2n) is 8.53. The molecule has 3 fully saturated rings. The maximum absolute atomic E-state index is 13.1. The molecule has 0 spiro atoms. The monoisotopic (exact) mass is 413 g/mol. The molecule has 4 N–H and O–H groups in total. The summed E-state index contributed by atoms with van der Waals surface area (Å²) in [5.41, 5.74) is 8.21. The molecule has 0 atom stereocenters. The molecule has 29 heavy (non-hydrogen) atoms. The van der Waals surface area contributed by atoms with Crippen molar-refractivity contribution in [2.75, 3.05) is 12.3 Å². The average molecular weight is 414 g/mol. The van der Waals surface area contributed by atoms with Crippen molar-refractivity contribution in [2.45, 2.75) is 43.0 Å². The second-order valence-corrected chi connectivity index (χ2v) is 10.2. The summed E-state index contributed by atoms with van der Waals surface area (Å²) in [5, 5.41) is 9.56. The molecule has 3 aliphatic rings. The second kappa shape index (κ2) is 6.01. The van der Waals surface area contributed by atoms with Gasteiger partial charge in [0, 0.05) is 23.9 Å². The topological polar surface area (TPSA) is 123 Å². The molecule has 2 bridgehead atoms. The van der Waals surface area contributed by atoms with Gasteiger partial charge in [-0.1, -0.05) is 12.1 Å². The van der Waals surface area contributed by atoms with Crippen LogP contribution in [-0.2, 0) is 10.0 Å². The number of sulfonamides is 1. The molecule has 3 saturated carbocycles. The van der Waals surface area contributed by atoms with Crippen molar-refractivity contribution in [2.24, 2.45) is 5.41 Å². The zero-order valence-electron chi connectivity index (χ0n) is 16.1. The Morgan fingerprint density at radius 1 is 1.31 bits per heavy atom. The van der Waals surface area contributed by atoms with Crippen LogP contribution in [0, 0.1) is 12.3 Å². The Hall–Kier alpha value is -2.49. The van der Waals surface area contributed by atoms with Crippen molar-refractivity contribution in [3.05, 3.63) is 42.4 Å². The first-order valence-corrected chi connectivity index (χ1v) is 11.1. The van der Waals surface area contributed by atoms with Crippen molar-refractivity contribution in [1.82, 2.24) is 19.1 Å². The molecule has 2 aromatic heterocycles. The normalized spacial score (nSPS) is 26.0. The number of fused-ring (bicyclic) bond motifs is 2. The number of nitrogen functional groups attached to an aromatic ring is 1. The van der Waals surface area contributed by atoms with E-state index < -0.39 is 15.6 Å². The maximum atomic E-state index is 13.1.